The van der Waals surface area contributed by atoms with Gasteiger partial charge in [-0.05, 0) is 48.5 Å². The van der Waals surface area contributed by atoms with Crippen LogP contribution in [0, 0.1) is 0 Å². The molecule has 2 aromatic heterocycles. The van der Waals surface area contributed by atoms with Crippen LogP contribution >= 0.6 is 17.0 Å². The number of phenolic OH excluding ortho intramolecular Hbond substituents is 1. The molecule has 4 aromatic rings. The number of hydrogen-bond acceptors (Lipinski definition) is 8. The molecule has 0 bridgehead atoms. The third-order valence-electron chi connectivity index (χ3n) is 4.48. The second kappa shape index (κ2) is 11.0. The number of carbonyl (C=O) groups is 2. The molecule has 0 aliphatic rings. The van der Waals surface area contributed by atoms with E-state index in [0.717, 1.165) is 0 Å². The van der Waals surface area contributed by atoms with E-state index in [0.29, 0.717) is 28.3 Å². The van der Waals surface area contributed by atoms with Gasteiger partial charge in [0.25, 0.3) is 0 Å². The molecule has 0 fully saturated rings. The van der Waals surface area contributed by atoms with E-state index in [9.17, 15) is 14.7 Å². The van der Waals surface area contributed by atoms with Gasteiger partial charge in [-0.2, -0.15) is 0 Å². The van der Waals surface area contributed by atoms with Crippen LogP contribution in [0.15, 0.2) is 69.5 Å². The van der Waals surface area contributed by atoms with Crippen LogP contribution in [0.2, 0.25) is 0 Å². The fourth-order valence-corrected chi connectivity index (χ4v) is 2.93. The normalized spacial score (nSPS) is 9.91. The molecule has 11 heteroatoms. The number of methoxy groups -OCH3 is 1. The fourth-order valence-electron chi connectivity index (χ4n) is 2.93. The highest BCUT2D eigenvalue weighted by atomic mass is 79.9. The first-order valence-electron chi connectivity index (χ1n) is 9.39. The monoisotopic (exact) mass is 532 g/mol. The van der Waals surface area contributed by atoms with E-state index >= 15 is 0 Å². The van der Waals surface area contributed by atoms with E-state index in [1.807, 2.05) is 0 Å². The number of nitrogen functional groups attached to an aromatic ring is 2. The largest absolute Gasteiger partial charge is 0.505 e. The van der Waals surface area contributed by atoms with E-state index in [-0.39, 0.29) is 45.7 Å². The summed E-state index contributed by atoms with van der Waals surface area (Å²) in [6.45, 7) is 0. The van der Waals surface area contributed by atoms with Crippen LogP contribution in [0.25, 0.3) is 22.6 Å². The number of carboxylic acids is 2. The number of nitrogens with two attached hydrogens (primary N) is 2. The zero-order chi connectivity index (χ0) is 24.1. The Labute approximate surface area is 203 Å². The lowest BCUT2D eigenvalue weighted by atomic mass is 10.1. The summed E-state index contributed by atoms with van der Waals surface area (Å²) in [6, 6.07) is 15.7. The summed E-state index contributed by atoms with van der Waals surface area (Å²) in [5.74, 6) is -1.55. The molecular weight excluding hydrogens is 512 g/mol. The van der Waals surface area contributed by atoms with E-state index in [2.05, 4.69) is 0 Å². The quantitative estimate of drug-likeness (QED) is 0.177. The molecule has 178 valence electrons. The Hall–Kier alpha value is -4.38. The van der Waals surface area contributed by atoms with Crippen LogP contribution in [0.4, 0.5) is 11.4 Å². The smallest absolute Gasteiger partial charge is 0.371 e. The fraction of sp³-hybridized carbons (Fsp3) is 0.0435. The number of furan rings is 2. The van der Waals surface area contributed by atoms with Crippen molar-refractivity contribution < 1.29 is 38.5 Å². The first kappa shape index (κ1) is 25.9. The molecule has 0 spiro atoms. The molecule has 0 saturated heterocycles. The van der Waals surface area contributed by atoms with Crippen molar-refractivity contribution in [1.29, 1.82) is 0 Å². The van der Waals surface area contributed by atoms with Crippen molar-refractivity contribution in [2.45, 2.75) is 0 Å². The molecule has 0 unspecified atom stereocenters. The molecule has 0 saturated carbocycles. The second-order valence-corrected chi connectivity index (χ2v) is 6.61. The van der Waals surface area contributed by atoms with Crippen LogP contribution < -0.4 is 16.2 Å². The first-order valence-corrected chi connectivity index (χ1v) is 9.39. The number of halogens is 1. The number of hydrogen-bond donors (Lipinski definition) is 5. The maximum atomic E-state index is 10.7. The van der Waals surface area contributed by atoms with Gasteiger partial charge in [-0.15, -0.1) is 17.0 Å². The summed E-state index contributed by atoms with van der Waals surface area (Å²) in [4.78, 5) is 21.3. The van der Waals surface area contributed by atoms with Crippen molar-refractivity contribution in [2.75, 3.05) is 18.6 Å². The number of anilines is 2. The Morgan fingerprint density at radius 1 is 0.765 bits per heavy atom. The molecule has 0 atom stereocenters. The Balaban J connectivity index is 0.000000234. The maximum Gasteiger partial charge on any atom is 0.371 e. The Bertz CT molecular complexity index is 1310. The molecule has 4 rings (SSSR count). The van der Waals surface area contributed by atoms with E-state index in [4.69, 9.17) is 35.3 Å². The summed E-state index contributed by atoms with van der Waals surface area (Å²) in [7, 11) is 1.50. The number of phenols is 1. The standard InChI is InChI=1S/C12H11NO4.C11H9NO4.BrH/c1-16-11-7(3-2-4-8(11)13)9-5-6-10(17-9)12(14)15;12-7-3-1-2-6(10(7)13)8-4-5-9(16-8)11(14)15;/h2-6H,13H2,1H3,(H,14,15);1-5,13H,12H2,(H,14,15);1H. The van der Waals surface area contributed by atoms with Crippen LogP contribution in [-0.4, -0.2) is 34.4 Å². The highest BCUT2D eigenvalue weighted by Gasteiger charge is 2.15. The van der Waals surface area contributed by atoms with Crippen molar-refractivity contribution in [3.8, 4) is 34.1 Å². The number of ether oxygens (including phenoxy) is 1. The Morgan fingerprint density at radius 3 is 1.71 bits per heavy atom. The number of carboxylic acid groups (broad SMARTS) is 2. The van der Waals surface area contributed by atoms with Gasteiger partial charge in [0.1, 0.15) is 17.3 Å². The van der Waals surface area contributed by atoms with Crippen molar-refractivity contribution in [2.24, 2.45) is 0 Å². The first-order chi connectivity index (χ1) is 15.7. The topological polar surface area (TPSA) is 182 Å². The van der Waals surface area contributed by atoms with E-state index in [1.165, 1.54) is 25.3 Å². The molecule has 34 heavy (non-hydrogen) atoms. The summed E-state index contributed by atoms with van der Waals surface area (Å²) in [5, 5.41) is 27.1. The summed E-state index contributed by atoms with van der Waals surface area (Å²) < 4.78 is 15.4. The highest BCUT2D eigenvalue weighted by Crippen LogP contribution is 2.36. The molecule has 0 radical (unpaired) electrons. The number of aromatic hydroxyl groups is 1. The number of benzene rings is 2. The molecule has 0 aliphatic heterocycles. The maximum absolute atomic E-state index is 10.7. The molecule has 2 heterocycles. The lowest BCUT2D eigenvalue weighted by Gasteiger charge is -2.08. The van der Waals surface area contributed by atoms with Gasteiger partial charge in [-0.1, -0.05) is 12.1 Å². The minimum Gasteiger partial charge on any atom is -0.505 e. The van der Waals surface area contributed by atoms with Crippen molar-refractivity contribution in [3.63, 3.8) is 0 Å². The number of rotatable bonds is 5. The average Bonchev–Trinajstić information content (AvgIpc) is 3.46. The summed E-state index contributed by atoms with van der Waals surface area (Å²) >= 11 is 0. The van der Waals surface area contributed by atoms with Crippen LogP contribution in [0.1, 0.15) is 21.1 Å². The minimum atomic E-state index is -1.16. The van der Waals surface area contributed by atoms with Crippen molar-refractivity contribution >= 4 is 40.3 Å². The lowest BCUT2D eigenvalue weighted by Crippen LogP contribution is -1.94. The van der Waals surface area contributed by atoms with Crippen LogP contribution in [-0.2, 0) is 0 Å². The van der Waals surface area contributed by atoms with Crippen molar-refractivity contribution in [3.05, 3.63) is 72.2 Å². The van der Waals surface area contributed by atoms with Gasteiger partial charge in [-0.3, -0.25) is 0 Å². The average molecular weight is 533 g/mol. The van der Waals surface area contributed by atoms with Crippen LogP contribution in [0.5, 0.6) is 11.5 Å². The predicted octanol–water partition coefficient (Wildman–Crippen LogP) is 4.75. The van der Waals surface area contributed by atoms with Gasteiger partial charge in [0.15, 0.2) is 5.75 Å². The highest BCUT2D eigenvalue weighted by molar-refractivity contribution is 8.93. The second-order valence-electron chi connectivity index (χ2n) is 6.61. The molecule has 7 N–H and O–H groups in total. The summed E-state index contributed by atoms with van der Waals surface area (Å²) in [6.07, 6.45) is 0. The van der Waals surface area contributed by atoms with Gasteiger partial charge in [0.2, 0.25) is 11.5 Å². The van der Waals surface area contributed by atoms with E-state index < -0.39 is 11.9 Å². The van der Waals surface area contributed by atoms with Crippen molar-refractivity contribution in [1.82, 2.24) is 0 Å². The minimum absolute atomic E-state index is 0. The van der Waals surface area contributed by atoms with Gasteiger partial charge in [-0.25, -0.2) is 9.59 Å². The molecule has 0 aliphatic carbocycles. The van der Waals surface area contributed by atoms with Gasteiger partial charge in [0, 0.05) is 0 Å². The van der Waals surface area contributed by atoms with Gasteiger partial charge < -0.3 is 40.4 Å². The third kappa shape index (κ3) is 5.51. The molecule has 0 amide bonds. The van der Waals surface area contributed by atoms with Gasteiger partial charge >= 0.3 is 11.9 Å². The van der Waals surface area contributed by atoms with E-state index in [1.54, 1.807) is 42.5 Å². The molecule has 2 aromatic carbocycles. The number of aromatic carboxylic acids is 2. The Kier molecular flexibility index (Phi) is 8.35. The lowest BCUT2D eigenvalue weighted by molar-refractivity contribution is 0.0653. The number of para-hydroxylation sites is 2. The third-order valence-corrected chi connectivity index (χ3v) is 4.48. The van der Waals surface area contributed by atoms with Crippen LogP contribution in [0.3, 0.4) is 0 Å². The Morgan fingerprint density at radius 2 is 1.24 bits per heavy atom. The zero-order valence-corrected chi connectivity index (χ0v) is 19.4. The zero-order valence-electron chi connectivity index (χ0n) is 17.7. The summed E-state index contributed by atoms with van der Waals surface area (Å²) in [5.41, 5.74) is 12.9. The predicted molar refractivity (Wildman–Crippen MR) is 130 cm³/mol. The molecule has 10 nitrogen and oxygen atoms in total. The SMILES string of the molecule is Br.COc1c(N)cccc1-c1ccc(C(=O)O)o1.Nc1cccc(-c2ccc(C(=O)O)o2)c1O. The van der Waals surface area contributed by atoms with Gasteiger partial charge in [0.05, 0.1) is 29.6 Å². The molecular formula is C23H21BrN2O8.